The van der Waals surface area contributed by atoms with Crippen molar-refractivity contribution in [3.8, 4) is 0 Å². The van der Waals surface area contributed by atoms with E-state index in [1.807, 2.05) is 0 Å². The highest BCUT2D eigenvalue weighted by Crippen LogP contribution is 2.40. The molecule has 25 heavy (non-hydrogen) atoms. The molecule has 2 unspecified atom stereocenters. The zero-order chi connectivity index (χ0) is 19.2. The Morgan fingerprint density at radius 1 is 0.800 bits per heavy atom. The second-order valence-electron chi connectivity index (χ2n) is 6.71. The highest BCUT2D eigenvalue weighted by atomic mass is 19.2. The summed E-state index contributed by atoms with van der Waals surface area (Å²) < 4.78 is 74.0. The molecule has 0 fully saturated rings. The molecule has 0 spiro atoms. The molecular weight excluding hydrogens is 339 g/mol. The molecule has 0 aliphatic rings. The Morgan fingerprint density at radius 2 is 1.24 bits per heavy atom. The molecule has 144 valence electrons. The van der Waals surface area contributed by atoms with Crippen LogP contribution in [-0.2, 0) is 10.3 Å². The lowest BCUT2D eigenvalue weighted by atomic mass is 9.80. The molecule has 0 aromatic heterocycles. The van der Waals surface area contributed by atoms with Gasteiger partial charge in [0.15, 0.2) is 23.3 Å². The number of rotatable bonds is 10. The number of hydrogen-bond acceptors (Lipinski definition) is 1. The van der Waals surface area contributed by atoms with Crippen molar-refractivity contribution in [2.24, 2.45) is 5.92 Å². The van der Waals surface area contributed by atoms with E-state index < -0.39 is 46.2 Å². The maximum absolute atomic E-state index is 14.2. The third-order valence-corrected chi connectivity index (χ3v) is 5.06. The molecule has 0 saturated heterocycles. The molecule has 0 bridgehead atoms. The minimum Gasteiger partial charge on any atom is -0.373 e. The average Bonchev–Trinajstić information content (AvgIpc) is 2.60. The van der Waals surface area contributed by atoms with Gasteiger partial charge in [0.2, 0.25) is 5.82 Å². The summed E-state index contributed by atoms with van der Waals surface area (Å²) in [5.41, 5.74) is -2.50. The van der Waals surface area contributed by atoms with Gasteiger partial charge in [0, 0.05) is 7.11 Å². The first-order chi connectivity index (χ1) is 11.7. The molecule has 1 aromatic rings. The monoisotopic (exact) mass is 366 g/mol. The number of methoxy groups -OCH3 is 1. The SMILES string of the molecule is CCCCCCCCC(C)C(C)(OC)c1c(F)c(F)c(F)c(F)c1F. The van der Waals surface area contributed by atoms with Crippen LogP contribution in [0.4, 0.5) is 22.0 Å². The Labute approximate surface area is 146 Å². The van der Waals surface area contributed by atoms with Crippen molar-refractivity contribution in [2.45, 2.75) is 71.3 Å². The summed E-state index contributed by atoms with van der Waals surface area (Å²) in [6.45, 7) is 5.19. The lowest BCUT2D eigenvalue weighted by molar-refractivity contribution is -0.0528. The van der Waals surface area contributed by atoms with E-state index in [1.165, 1.54) is 14.0 Å². The summed E-state index contributed by atoms with van der Waals surface area (Å²) in [6.07, 6.45) is 6.82. The molecular formula is C19H27F5O. The number of unbranched alkanes of at least 4 members (excludes halogenated alkanes) is 5. The first-order valence-electron chi connectivity index (χ1n) is 8.79. The average molecular weight is 366 g/mol. The molecule has 2 atom stereocenters. The Bertz CT molecular complexity index is 546. The number of halogens is 5. The number of ether oxygens (including phenoxy) is 1. The first kappa shape index (κ1) is 21.9. The number of benzene rings is 1. The summed E-state index contributed by atoms with van der Waals surface area (Å²) in [6, 6.07) is 0. The van der Waals surface area contributed by atoms with Gasteiger partial charge in [0.05, 0.1) is 11.2 Å². The summed E-state index contributed by atoms with van der Waals surface area (Å²) in [4.78, 5) is 0. The van der Waals surface area contributed by atoms with Crippen molar-refractivity contribution in [2.75, 3.05) is 7.11 Å². The molecule has 1 aromatic carbocycles. The van der Waals surface area contributed by atoms with Crippen LogP contribution in [0.2, 0.25) is 0 Å². The smallest absolute Gasteiger partial charge is 0.200 e. The molecule has 1 rings (SSSR count). The van der Waals surface area contributed by atoms with Gasteiger partial charge in [0.25, 0.3) is 0 Å². The minimum absolute atomic E-state index is 0.420. The van der Waals surface area contributed by atoms with E-state index in [0.29, 0.717) is 6.42 Å². The van der Waals surface area contributed by atoms with Gasteiger partial charge in [-0.3, -0.25) is 0 Å². The van der Waals surface area contributed by atoms with E-state index >= 15 is 0 Å². The van der Waals surface area contributed by atoms with Gasteiger partial charge >= 0.3 is 0 Å². The topological polar surface area (TPSA) is 9.23 Å². The van der Waals surface area contributed by atoms with Crippen LogP contribution in [0.3, 0.4) is 0 Å². The van der Waals surface area contributed by atoms with Gasteiger partial charge in [0.1, 0.15) is 0 Å². The van der Waals surface area contributed by atoms with Crippen molar-refractivity contribution in [3.63, 3.8) is 0 Å². The van der Waals surface area contributed by atoms with E-state index in [1.54, 1.807) is 6.92 Å². The van der Waals surface area contributed by atoms with Crippen LogP contribution in [-0.4, -0.2) is 7.11 Å². The third-order valence-electron chi connectivity index (χ3n) is 5.06. The predicted molar refractivity (Wildman–Crippen MR) is 87.8 cm³/mol. The molecule has 0 amide bonds. The standard InChI is InChI=1S/C19H27F5O/c1-5-6-7-8-9-10-11-12(2)19(3,25-4)13-14(20)16(22)18(24)17(23)15(13)21/h12H,5-11H2,1-4H3. The van der Waals surface area contributed by atoms with Crippen LogP contribution in [0, 0.1) is 35.0 Å². The van der Waals surface area contributed by atoms with Crippen LogP contribution in [0.15, 0.2) is 0 Å². The van der Waals surface area contributed by atoms with E-state index in [2.05, 4.69) is 6.92 Å². The van der Waals surface area contributed by atoms with Crippen LogP contribution >= 0.6 is 0 Å². The van der Waals surface area contributed by atoms with E-state index in [0.717, 1.165) is 38.5 Å². The number of hydrogen-bond donors (Lipinski definition) is 0. The third kappa shape index (κ3) is 4.72. The van der Waals surface area contributed by atoms with E-state index in [9.17, 15) is 22.0 Å². The van der Waals surface area contributed by atoms with Crippen LogP contribution in [0.5, 0.6) is 0 Å². The lowest BCUT2D eigenvalue weighted by Crippen LogP contribution is -2.35. The molecule has 0 N–H and O–H groups in total. The summed E-state index contributed by atoms with van der Waals surface area (Å²) >= 11 is 0. The van der Waals surface area contributed by atoms with Crippen molar-refractivity contribution in [1.82, 2.24) is 0 Å². The second-order valence-corrected chi connectivity index (χ2v) is 6.71. The molecule has 0 aliphatic carbocycles. The van der Waals surface area contributed by atoms with Crippen molar-refractivity contribution >= 4 is 0 Å². The van der Waals surface area contributed by atoms with Gasteiger partial charge in [-0.1, -0.05) is 52.4 Å². The Hall–Kier alpha value is -1.17. The fraction of sp³-hybridized carbons (Fsp3) is 0.684. The van der Waals surface area contributed by atoms with Crippen molar-refractivity contribution in [3.05, 3.63) is 34.6 Å². The van der Waals surface area contributed by atoms with E-state index in [-0.39, 0.29) is 0 Å². The van der Waals surface area contributed by atoms with Gasteiger partial charge in [-0.25, -0.2) is 22.0 Å². The molecule has 0 heterocycles. The van der Waals surface area contributed by atoms with Gasteiger partial charge in [-0.2, -0.15) is 0 Å². The zero-order valence-corrected chi connectivity index (χ0v) is 15.3. The highest BCUT2D eigenvalue weighted by Gasteiger charge is 2.41. The maximum atomic E-state index is 14.2. The van der Waals surface area contributed by atoms with E-state index in [4.69, 9.17) is 4.74 Å². The normalized spacial score (nSPS) is 15.2. The van der Waals surface area contributed by atoms with Crippen molar-refractivity contribution < 1.29 is 26.7 Å². The molecule has 6 heteroatoms. The first-order valence-corrected chi connectivity index (χ1v) is 8.79. The predicted octanol–water partition coefficient (Wildman–Crippen LogP) is 6.63. The second kappa shape index (κ2) is 9.51. The zero-order valence-electron chi connectivity index (χ0n) is 15.3. The Morgan fingerprint density at radius 3 is 1.72 bits per heavy atom. The van der Waals surface area contributed by atoms with Crippen LogP contribution in [0.25, 0.3) is 0 Å². The minimum atomic E-state index is -2.15. The molecule has 1 nitrogen and oxygen atoms in total. The van der Waals surface area contributed by atoms with Gasteiger partial charge in [-0.15, -0.1) is 0 Å². The maximum Gasteiger partial charge on any atom is 0.200 e. The summed E-state index contributed by atoms with van der Waals surface area (Å²) in [5, 5.41) is 0. The Kier molecular flexibility index (Phi) is 8.32. The molecule has 0 saturated carbocycles. The summed E-state index contributed by atoms with van der Waals surface area (Å²) in [7, 11) is 1.22. The largest absolute Gasteiger partial charge is 0.373 e. The quantitative estimate of drug-likeness (QED) is 0.195. The highest BCUT2D eigenvalue weighted by molar-refractivity contribution is 5.30. The molecule has 0 aliphatic heterocycles. The fourth-order valence-electron chi connectivity index (χ4n) is 3.10. The Balaban J connectivity index is 2.99. The summed E-state index contributed by atoms with van der Waals surface area (Å²) in [5.74, 6) is -10.1. The van der Waals surface area contributed by atoms with Crippen LogP contribution < -0.4 is 0 Å². The van der Waals surface area contributed by atoms with Gasteiger partial charge in [-0.05, 0) is 19.3 Å². The van der Waals surface area contributed by atoms with Crippen molar-refractivity contribution in [1.29, 1.82) is 0 Å². The van der Waals surface area contributed by atoms with Crippen LogP contribution in [0.1, 0.15) is 71.3 Å². The molecule has 0 radical (unpaired) electrons. The van der Waals surface area contributed by atoms with Gasteiger partial charge < -0.3 is 4.74 Å². The lowest BCUT2D eigenvalue weighted by Gasteiger charge is -2.35. The fourth-order valence-corrected chi connectivity index (χ4v) is 3.10.